The zero-order valence-corrected chi connectivity index (χ0v) is 6.46. The topological polar surface area (TPSA) is 40.7 Å². The van der Waals surface area contributed by atoms with Crippen LogP contribution in [-0.4, -0.2) is 17.0 Å². The van der Waals surface area contributed by atoms with Crippen LogP contribution >= 0.6 is 0 Å². The first-order chi connectivity index (χ1) is 5.38. The van der Waals surface area contributed by atoms with Gasteiger partial charge in [0.15, 0.2) is 0 Å². The maximum Gasteiger partial charge on any atom is 0.124 e. The summed E-state index contributed by atoms with van der Waals surface area (Å²) in [5, 5.41) is 3.07. The Bertz CT molecular complexity index is 232. The predicted molar refractivity (Wildman–Crippen MR) is 43.8 cm³/mol. The highest BCUT2D eigenvalue weighted by atomic mass is 15.0. The largest absolute Gasteiger partial charge is 0.347 e. The molecule has 0 amide bonds. The molecule has 3 nitrogen and oxygen atoms in total. The third kappa shape index (κ3) is 1.82. The zero-order chi connectivity index (χ0) is 8.10. The normalized spacial score (nSPS) is 12.4. The molecular formula is C8H11N3. The van der Waals surface area contributed by atoms with Gasteiger partial charge in [-0.1, -0.05) is 0 Å². The van der Waals surface area contributed by atoms with Crippen molar-refractivity contribution >= 4 is 0 Å². The zero-order valence-electron chi connectivity index (χ0n) is 6.46. The summed E-state index contributed by atoms with van der Waals surface area (Å²) in [4.78, 5) is 7.10. The molecule has 1 atom stereocenters. The number of aromatic amines is 1. The van der Waals surface area contributed by atoms with Crippen LogP contribution in [0.4, 0.5) is 0 Å². The highest BCUT2D eigenvalue weighted by molar-refractivity contribution is 5.01. The van der Waals surface area contributed by atoms with Crippen molar-refractivity contribution in [1.29, 1.82) is 0 Å². The first-order valence-electron chi connectivity index (χ1n) is 3.48. The smallest absolute Gasteiger partial charge is 0.124 e. The third-order valence-corrected chi connectivity index (χ3v) is 1.52. The van der Waals surface area contributed by atoms with Crippen LogP contribution in [0.3, 0.4) is 0 Å². The lowest BCUT2D eigenvalue weighted by Gasteiger charge is -2.08. The van der Waals surface area contributed by atoms with Gasteiger partial charge in [-0.3, -0.25) is 0 Å². The molecule has 0 saturated carbocycles. The fraction of sp³-hybridized carbons (Fsp3) is 0.375. The molecule has 1 aromatic heterocycles. The Morgan fingerprint density at radius 2 is 2.73 bits per heavy atom. The Hall–Kier alpha value is -1.27. The quantitative estimate of drug-likeness (QED) is 0.621. The average molecular weight is 149 g/mol. The first kappa shape index (κ1) is 7.83. The summed E-state index contributed by atoms with van der Waals surface area (Å²) < 4.78 is 0. The Kier molecular flexibility index (Phi) is 2.70. The Morgan fingerprint density at radius 3 is 3.18 bits per heavy atom. The van der Waals surface area contributed by atoms with Crippen molar-refractivity contribution in [3.8, 4) is 12.3 Å². The Balaban J connectivity index is 2.65. The Labute approximate surface area is 66.2 Å². The second-order valence-electron chi connectivity index (χ2n) is 2.22. The third-order valence-electron chi connectivity index (χ3n) is 1.52. The molecule has 0 aliphatic carbocycles. The van der Waals surface area contributed by atoms with E-state index in [-0.39, 0.29) is 6.04 Å². The van der Waals surface area contributed by atoms with Crippen LogP contribution in [0.5, 0.6) is 0 Å². The van der Waals surface area contributed by atoms with Crippen molar-refractivity contribution in [2.45, 2.75) is 12.5 Å². The highest BCUT2D eigenvalue weighted by Gasteiger charge is 2.08. The van der Waals surface area contributed by atoms with Gasteiger partial charge in [0, 0.05) is 18.8 Å². The predicted octanol–water partition coefficient (Wildman–Crippen LogP) is 0.693. The first-order valence-corrected chi connectivity index (χ1v) is 3.48. The molecule has 1 heterocycles. The number of aromatic nitrogens is 2. The van der Waals surface area contributed by atoms with E-state index in [0.29, 0.717) is 6.42 Å². The van der Waals surface area contributed by atoms with Crippen LogP contribution in [0.2, 0.25) is 0 Å². The maximum absolute atomic E-state index is 5.18. The molecule has 0 aliphatic heterocycles. The van der Waals surface area contributed by atoms with Gasteiger partial charge >= 0.3 is 0 Å². The van der Waals surface area contributed by atoms with Gasteiger partial charge in [0.05, 0.1) is 6.04 Å². The molecule has 0 spiro atoms. The van der Waals surface area contributed by atoms with Crippen molar-refractivity contribution in [1.82, 2.24) is 15.3 Å². The summed E-state index contributed by atoms with van der Waals surface area (Å²) >= 11 is 0. The maximum atomic E-state index is 5.18. The number of H-pyrrole nitrogens is 1. The fourth-order valence-corrected chi connectivity index (χ4v) is 0.921. The van der Waals surface area contributed by atoms with Crippen LogP contribution < -0.4 is 5.32 Å². The average Bonchev–Trinajstić information content (AvgIpc) is 2.52. The van der Waals surface area contributed by atoms with Gasteiger partial charge in [0.1, 0.15) is 5.82 Å². The van der Waals surface area contributed by atoms with Crippen molar-refractivity contribution in [2.24, 2.45) is 0 Å². The molecular weight excluding hydrogens is 138 g/mol. The van der Waals surface area contributed by atoms with Gasteiger partial charge in [-0.15, -0.1) is 12.3 Å². The van der Waals surface area contributed by atoms with Crippen molar-refractivity contribution in [3.05, 3.63) is 18.2 Å². The summed E-state index contributed by atoms with van der Waals surface area (Å²) in [6.07, 6.45) is 9.34. The molecule has 1 unspecified atom stereocenters. The molecule has 58 valence electrons. The molecule has 0 aromatic carbocycles. The van der Waals surface area contributed by atoms with Crippen LogP contribution in [0.15, 0.2) is 12.4 Å². The number of hydrogen-bond donors (Lipinski definition) is 2. The van der Waals surface area contributed by atoms with Gasteiger partial charge in [-0.05, 0) is 7.05 Å². The molecule has 0 fully saturated rings. The minimum atomic E-state index is 0.148. The van der Waals surface area contributed by atoms with Gasteiger partial charge in [-0.25, -0.2) is 4.98 Å². The lowest BCUT2D eigenvalue weighted by molar-refractivity contribution is 0.581. The second kappa shape index (κ2) is 3.79. The molecule has 0 aliphatic rings. The van der Waals surface area contributed by atoms with Gasteiger partial charge in [-0.2, -0.15) is 0 Å². The van der Waals surface area contributed by atoms with Gasteiger partial charge < -0.3 is 10.3 Å². The molecule has 0 saturated heterocycles. The number of nitrogens with zero attached hydrogens (tertiary/aromatic N) is 1. The van der Waals surface area contributed by atoms with E-state index in [1.165, 1.54) is 0 Å². The number of hydrogen-bond acceptors (Lipinski definition) is 2. The number of rotatable bonds is 3. The number of nitrogens with one attached hydrogen (secondary N) is 2. The molecule has 1 rings (SSSR count). The fourth-order valence-electron chi connectivity index (χ4n) is 0.921. The molecule has 0 radical (unpaired) electrons. The van der Waals surface area contributed by atoms with E-state index in [2.05, 4.69) is 21.2 Å². The summed E-state index contributed by atoms with van der Waals surface area (Å²) in [6, 6.07) is 0.148. The van der Waals surface area contributed by atoms with Gasteiger partial charge in [0.2, 0.25) is 0 Å². The minimum Gasteiger partial charge on any atom is -0.347 e. The second-order valence-corrected chi connectivity index (χ2v) is 2.22. The standard InChI is InChI=1S/C8H11N3/c1-3-4-7(9-2)8-10-5-6-11-8/h1,5-7,9H,4H2,2H3,(H,10,11). The van der Waals surface area contributed by atoms with E-state index in [4.69, 9.17) is 6.42 Å². The Morgan fingerprint density at radius 1 is 1.91 bits per heavy atom. The van der Waals surface area contributed by atoms with Crippen LogP contribution in [0, 0.1) is 12.3 Å². The summed E-state index contributed by atoms with van der Waals surface area (Å²) in [5.74, 6) is 3.48. The van der Waals surface area contributed by atoms with Crippen LogP contribution in [0.1, 0.15) is 18.3 Å². The van der Waals surface area contributed by atoms with Crippen molar-refractivity contribution in [3.63, 3.8) is 0 Å². The summed E-state index contributed by atoms with van der Waals surface area (Å²) in [5.41, 5.74) is 0. The SMILES string of the molecule is C#CCC(NC)c1ncc[nH]1. The lowest BCUT2D eigenvalue weighted by Crippen LogP contribution is -2.16. The number of terminal acetylenes is 1. The van der Waals surface area contributed by atoms with E-state index in [1.807, 2.05) is 7.05 Å². The lowest BCUT2D eigenvalue weighted by atomic mass is 10.2. The van der Waals surface area contributed by atoms with Crippen LogP contribution in [0.25, 0.3) is 0 Å². The molecule has 11 heavy (non-hydrogen) atoms. The molecule has 2 N–H and O–H groups in total. The minimum absolute atomic E-state index is 0.148. The van der Waals surface area contributed by atoms with E-state index >= 15 is 0 Å². The van der Waals surface area contributed by atoms with Crippen LogP contribution in [-0.2, 0) is 0 Å². The van der Waals surface area contributed by atoms with E-state index in [1.54, 1.807) is 12.4 Å². The molecule has 1 aromatic rings. The highest BCUT2D eigenvalue weighted by Crippen LogP contribution is 2.09. The molecule has 0 bridgehead atoms. The van der Waals surface area contributed by atoms with E-state index < -0.39 is 0 Å². The van der Waals surface area contributed by atoms with Crippen molar-refractivity contribution in [2.75, 3.05) is 7.05 Å². The number of imidazole rings is 1. The van der Waals surface area contributed by atoms with E-state index in [9.17, 15) is 0 Å². The monoisotopic (exact) mass is 149 g/mol. The van der Waals surface area contributed by atoms with E-state index in [0.717, 1.165) is 5.82 Å². The summed E-state index contributed by atoms with van der Waals surface area (Å²) in [6.45, 7) is 0. The van der Waals surface area contributed by atoms with Gasteiger partial charge in [0.25, 0.3) is 0 Å². The molecule has 3 heteroatoms. The van der Waals surface area contributed by atoms with Crippen molar-refractivity contribution < 1.29 is 0 Å². The summed E-state index contributed by atoms with van der Waals surface area (Å²) in [7, 11) is 1.87.